The van der Waals surface area contributed by atoms with E-state index in [4.69, 9.17) is 5.73 Å². The van der Waals surface area contributed by atoms with Gasteiger partial charge in [-0.3, -0.25) is 4.99 Å². The van der Waals surface area contributed by atoms with E-state index in [0.29, 0.717) is 0 Å². The molecule has 0 aromatic carbocycles. The summed E-state index contributed by atoms with van der Waals surface area (Å²) in [5.41, 5.74) is 5.69. The Balaban J connectivity index is 2.62. The number of amidine groups is 1. The number of aliphatic imine (C=N–C) groups is 1. The summed E-state index contributed by atoms with van der Waals surface area (Å²) in [5, 5.41) is 3.17. The maximum atomic E-state index is 5.93. The van der Waals surface area contributed by atoms with Gasteiger partial charge in [0.1, 0.15) is 5.84 Å². The molecule has 1 aliphatic rings. The number of rotatable bonds is 2. The van der Waals surface area contributed by atoms with Crippen LogP contribution in [0.4, 0.5) is 0 Å². The van der Waals surface area contributed by atoms with E-state index < -0.39 is 0 Å². The molecule has 10 heavy (non-hydrogen) atoms. The molecule has 1 aliphatic heterocycles. The minimum Gasteiger partial charge on any atom is -0.370 e. The lowest BCUT2D eigenvalue weighted by Crippen LogP contribution is -2.49. The number of hydrogen-bond donors (Lipinski definition) is 2. The molecular weight excluding hydrogens is 126 g/mol. The quantitative estimate of drug-likeness (QED) is 0.573. The van der Waals surface area contributed by atoms with Crippen molar-refractivity contribution in [2.45, 2.75) is 25.8 Å². The van der Waals surface area contributed by atoms with E-state index in [9.17, 15) is 0 Å². The van der Waals surface area contributed by atoms with Crippen molar-refractivity contribution >= 4 is 5.84 Å². The maximum Gasteiger partial charge on any atom is 0.116 e. The lowest BCUT2D eigenvalue weighted by Gasteiger charge is -2.22. The molecule has 0 aromatic heterocycles. The maximum absolute atomic E-state index is 5.93. The Morgan fingerprint density at radius 2 is 2.50 bits per heavy atom. The minimum absolute atomic E-state index is 0.240. The summed E-state index contributed by atoms with van der Waals surface area (Å²) in [6.07, 6.45) is 0.929. The van der Waals surface area contributed by atoms with E-state index in [0.717, 1.165) is 25.3 Å². The monoisotopic (exact) mass is 141 g/mol. The predicted octanol–water partition coefficient (Wildman–Crippen LogP) is 0.115. The van der Waals surface area contributed by atoms with Crippen molar-refractivity contribution in [2.24, 2.45) is 10.7 Å². The molecule has 0 bridgehead atoms. The Labute approximate surface area is 61.7 Å². The summed E-state index contributed by atoms with van der Waals surface area (Å²) >= 11 is 0. The Morgan fingerprint density at radius 3 is 2.90 bits per heavy atom. The number of hydrogen-bond acceptors (Lipinski definition) is 3. The Hall–Kier alpha value is -0.570. The zero-order chi connectivity index (χ0) is 7.61. The predicted molar refractivity (Wildman–Crippen MR) is 43.2 cm³/mol. The highest BCUT2D eigenvalue weighted by Gasteiger charge is 2.24. The smallest absolute Gasteiger partial charge is 0.116 e. The molecule has 1 atom stereocenters. The van der Waals surface area contributed by atoms with Crippen LogP contribution in [-0.4, -0.2) is 24.5 Å². The zero-order valence-electron chi connectivity index (χ0n) is 6.65. The van der Waals surface area contributed by atoms with Crippen LogP contribution < -0.4 is 11.1 Å². The fourth-order valence-electron chi connectivity index (χ4n) is 0.948. The van der Waals surface area contributed by atoms with Gasteiger partial charge in [-0.1, -0.05) is 6.92 Å². The van der Waals surface area contributed by atoms with E-state index in [1.54, 1.807) is 0 Å². The fourth-order valence-corrected chi connectivity index (χ4v) is 0.948. The molecule has 3 nitrogen and oxygen atoms in total. The van der Waals surface area contributed by atoms with Crippen molar-refractivity contribution < 1.29 is 0 Å². The van der Waals surface area contributed by atoms with Crippen molar-refractivity contribution in [1.82, 2.24) is 5.32 Å². The van der Waals surface area contributed by atoms with Gasteiger partial charge in [-0.05, 0) is 13.3 Å². The van der Waals surface area contributed by atoms with Crippen molar-refractivity contribution in [3.63, 3.8) is 0 Å². The van der Waals surface area contributed by atoms with Gasteiger partial charge >= 0.3 is 0 Å². The van der Waals surface area contributed by atoms with Gasteiger partial charge in [0, 0.05) is 6.54 Å². The van der Waals surface area contributed by atoms with Gasteiger partial charge in [-0.15, -0.1) is 0 Å². The first-order valence-electron chi connectivity index (χ1n) is 3.74. The first-order chi connectivity index (χ1) is 4.67. The summed E-state index contributed by atoms with van der Waals surface area (Å²) in [7, 11) is 0. The van der Waals surface area contributed by atoms with E-state index in [-0.39, 0.29) is 5.54 Å². The third-order valence-corrected chi connectivity index (χ3v) is 1.95. The first-order valence-corrected chi connectivity index (χ1v) is 3.74. The minimum atomic E-state index is -0.240. The van der Waals surface area contributed by atoms with Crippen LogP contribution in [0.15, 0.2) is 4.99 Å². The summed E-state index contributed by atoms with van der Waals surface area (Å²) in [6.45, 7) is 5.90. The summed E-state index contributed by atoms with van der Waals surface area (Å²) in [4.78, 5) is 4.26. The van der Waals surface area contributed by atoms with Crippen LogP contribution >= 0.6 is 0 Å². The summed E-state index contributed by atoms with van der Waals surface area (Å²) in [5.74, 6) is 0.968. The summed E-state index contributed by atoms with van der Waals surface area (Å²) < 4.78 is 0. The second-order valence-electron chi connectivity index (χ2n) is 2.93. The van der Waals surface area contributed by atoms with Gasteiger partial charge in [-0.25, -0.2) is 0 Å². The van der Waals surface area contributed by atoms with Crippen molar-refractivity contribution in [3.05, 3.63) is 0 Å². The third kappa shape index (κ3) is 1.29. The van der Waals surface area contributed by atoms with E-state index in [1.165, 1.54) is 0 Å². The highest BCUT2D eigenvalue weighted by atomic mass is 15.1. The lowest BCUT2D eigenvalue weighted by molar-refractivity contribution is 0.589. The van der Waals surface area contributed by atoms with Crippen LogP contribution in [0.2, 0.25) is 0 Å². The van der Waals surface area contributed by atoms with Gasteiger partial charge in [0.25, 0.3) is 0 Å². The normalized spacial score (nSPS) is 23.3. The molecule has 0 saturated carbocycles. The van der Waals surface area contributed by atoms with Crippen molar-refractivity contribution in [1.29, 1.82) is 0 Å². The van der Waals surface area contributed by atoms with Crippen LogP contribution in [0.5, 0.6) is 0 Å². The molecule has 0 fully saturated rings. The third-order valence-electron chi connectivity index (χ3n) is 1.95. The first kappa shape index (κ1) is 7.54. The van der Waals surface area contributed by atoms with Crippen molar-refractivity contribution in [3.8, 4) is 0 Å². The Morgan fingerprint density at radius 1 is 1.80 bits per heavy atom. The molecule has 0 amide bonds. The van der Waals surface area contributed by atoms with Crippen LogP contribution in [-0.2, 0) is 0 Å². The van der Waals surface area contributed by atoms with Gasteiger partial charge in [0.05, 0.1) is 12.1 Å². The highest BCUT2D eigenvalue weighted by molar-refractivity contribution is 5.92. The molecule has 3 N–H and O–H groups in total. The van der Waals surface area contributed by atoms with Crippen LogP contribution in [0.25, 0.3) is 0 Å². The number of nitrogens with one attached hydrogen (secondary N) is 1. The summed E-state index contributed by atoms with van der Waals surface area (Å²) in [6, 6.07) is 0. The largest absolute Gasteiger partial charge is 0.370 e. The zero-order valence-corrected chi connectivity index (χ0v) is 6.65. The highest BCUT2D eigenvalue weighted by Crippen LogP contribution is 2.07. The van der Waals surface area contributed by atoms with Gasteiger partial charge in [0.15, 0.2) is 0 Å². The standard InChI is InChI=1S/C7H15N3/c1-3-7(2,8)6-9-4-5-10-6/h3-5,8H2,1-2H3,(H,9,10). The van der Waals surface area contributed by atoms with E-state index >= 15 is 0 Å². The molecule has 0 aliphatic carbocycles. The molecule has 58 valence electrons. The Kier molecular flexibility index (Phi) is 1.94. The fraction of sp³-hybridized carbons (Fsp3) is 0.857. The van der Waals surface area contributed by atoms with Gasteiger partial charge in [-0.2, -0.15) is 0 Å². The average Bonchev–Trinajstić information content (AvgIpc) is 2.38. The van der Waals surface area contributed by atoms with Crippen LogP contribution in [0, 0.1) is 0 Å². The van der Waals surface area contributed by atoms with E-state index in [2.05, 4.69) is 17.2 Å². The molecule has 0 spiro atoms. The topological polar surface area (TPSA) is 50.4 Å². The van der Waals surface area contributed by atoms with Gasteiger partial charge in [0.2, 0.25) is 0 Å². The second kappa shape index (κ2) is 2.58. The number of nitrogens with two attached hydrogens (primary N) is 1. The molecule has 1 rings (SSSR count). The molecule has 1 unspecified atom stereocenters. The van der Waals surface area contributed by atoms with Crippen LogP contribution in [0.3, 0.4) is 0 Å². The van der Waals surface area contributed by atoms with Crippen molar-refractivity contribution in [2.75, 3.05) is 13.1 Å². The molecule has 0 saturated heterocycles. The average molecular weight is 141 g/mol. The van der Waals surface area contributed by atoms with Gasteiger partial charge < -0.3 is 11.1 Å². The van der Waals surface area contributed by atoms with E-state index in [1.807, 2.05) is 6.92 Å². The second-order valence-corrected chi connectivity index (χ2v) is 2.93. The molecule has 0 radical (unpaired) electrons. The molecular formula is C7H15N3. The lowest BCUT2D eigenvalue weighted by atomic mass is 9.99. The molecule has 1 heterocycles. The number of nitrogens with zero attached hydrogens (tertiary/aromatic N) is 1. The SMILES string of the molecule is CCC(C)(N)C1=NCCN1. The molecule has 3 heteroatoms. The molecule has 0 aromatic rings. The Bertz CT molecular complexity index is 149. The van der Waals surface area contributed by atoms with Crippen LogP contribution in [0.1, 0.15) is 20.3 Å².